The third-order valence-corrected chi connectivity index (χ3v) is 1.39. The average Bonchev–Trinajstić information content (AvgIpc) is 2.20. The maximum atomic E-state index is 12.5. The van der Waals surface area contributed by atoms with E-state index in [0.717, 1.165) is 12.1 Å². The largest absolute Gasteiger partial charge is 0.496 e. The lowest BCUT2D eigenvalue weighted by Crippen LogP contribution is -2.00. The van der Waals surface area contributed by atoms with E-state index in [9.17, 15) is 9.18 Å². The number of ether oxygens (including phenoxy) is 1. The molecule has 0 aliphatic carbocycles. The smallest absolute Gasteiger partial charge is 0.339 e. The van der Waals surface area contributed by atoms with Gasteiger partial charge in [-0.1, -0.05) is 13.8 Å². The molecule has 0 aliphatic heterocycles. The fourth-order valence-electron chi connectivity index (χ4n) is 0.847. The van der Waals surface area contributed by atoms with Gasteiger partial charge >= 0.3 is 5.97 Å². The number of benzene rings is 1. The van der Waals surface area contributed by atoms with E-state index >= 15 is 0 Å². The number of hydrogen-bond donors (Lipinski definition) is 1. The highest BCUT2D eigenvalue weighted by Crippen LogP contribution is 2.18. The van der Waals surface area contributed by atoms with Gasteiger partial charge in [0.25, 0.3) is 0 Å². The van der Waals surface area contributed by atoms with Crippen molar-refractivity contribution in [2.45, 2.75) is 13.8 Å². The Bertz CT molecular complexity index is 310. The molecule has 14 heavy (non-hydrogen) atoms. The van der Waals surface area contributed by atoms with Crippen LogP contribution >= 0.6 is 0 Å². The normalized spacial score (nSPS) is 8.57. The molecule has 3 nitrogen and oxygen atoms in total. The highest BCUT2D eigenvalue weighted by molar-refractivity contribution is 5.90. The van der Waals surface area contributed by atoms with Crippen LogP contribution in [0.5, 0.6) is 5.75 Å². The fraction of sp³-hybridized carbons (Fsp3) is 0.300. The van der Waals surface area contributed by atoms with Gasteiger partial charge in [-0.3, -0.25) is 0 Å². The minimum absolute atomic E-state index is 0.156. The minimum Gasteiger partial charge on any atom is -0.496 e. The van der Waals surface area contributed by atoms with E-state index in [1.54, 1.807) is 0 Å². The fourth-order valence-corrected chi connectivity index (χ4v) is 0.847. The first-order valence-corrected chi connectivity index (χ1v) is 4.22. The summed E-state index contributed by atoms with van der Waals surface area (Å²) >= 11 is 0. The molecular formula is C10H13FO3. The van der Waals surface area contributed by atoms with Gasteiger partial charge in [0.2, 0.25) is 0 Å². The molecule has 1 aromatic carbocycles. The standard InChI is InChI=1S/C8H7FO3.C2H6/c1-12-7-3-2-5(9)4-6(7)8(10)11;1-2/h2-4H,1H3,(H,10,11);1-2H3. The molecule has 0 fully saturated rings. The number of carboxylic acid groups (broad SMARTS) is 1. The lowest BCUT2D eigenvalue weighted by atomic mass is 10.2. The lowest BCUT2D eigenvalue weighted by Gasteiger charge is -2.03. The van der Waals surface area contributed by atoms with Crippen molar-refractivity contribution in [1.82, 2.24) is 0 Å². The molecule has 0 aliphatic rings. The van der Waals surface area contributed by atoms with E-state index in [2.05, 4.69) is 0 Å². The number of halogens is 1. The van der Waals surface area contributed by atoms with E-state index in [4.69, 9.17) is 9.84 Å². The topological polar surface area (TPSA) is 46.5 Å². The third-order valence-electron chi connectivity index (χ3n) is 1.39. The SMILES string of the molecule is CC.COc1ccc(F)cc1C(=O)O. The van der Waals surface area contributed by atoms with E-state index in [1.807, 2.05) is 13.8 Å². The summed E-state index contributed by atoms with van der Waals surface area (Å²) in [5, 5.41) is 8.57. The molecule has 0 bridgehead atoms. The number of rotatable bonds is 2. The maximum Gasteiger partial charge on any atom is 0.339 e. The van der Waals surface area contributed by atoms with E-state index in [0.29, 0.717) is 0 Å². The molecule has 1 rings (SSSR count). The summed E-state index contributed by atoms with van der Waals surface area (Å²) in [6, 6.07) is 3.34. The lowest BCUT2D eigenvalue weighted by molar-refractivity contribution is 0.0692. The summed E-state index contributed by atoms with van der Waals surface area (Å²) in [6.07, 6.45) is 0. The number of methoxy groups -OCH3 is 1. The number of carbonyl (C=O) groups is 1. The summed E-state index contributed by atoms with van der Waals surface area (Å²) in [6.45, 7) is 4.00. The molecule has 4 heteroatoms. The van der Waals surface area contributed by atoms with Crippen LogP contribution < -0.4 is 4.74 Å². The third kappa shape index (κ3) is 3.05. The van der Waals surface area contributed by atoms with Crippen LogP contribution in [0.4, 0.5) is 4.39 Å². The Labute approximate surface area is 82.1 Å². The van der Waals surface area contributed by atoms with Gasteiger partial charge in [-0.25, -0.2) is 9.18 Å². The number of aromatic carboxylic acids is 1. The number of hydrogen-bond acceptors (Lipinski definition) is 2. The summed E-state index contributed by atoms with van der Waals surface area (Å²) in [5.74, 6) is -1.64. The van der Waals surface area contributed by atoms with Crippen molar-refractivity contribution in [3.05, 3.63) is 29.6 Å². The quantitative estimate of drug-likeness (QED) is 0.798. The van der Waals surface area contributed by atoms with Crippen molar-refractivity contribution in [3.63, 3.8) is 0 Å². The van der Waals surface area contributed by atoms with E-state index in [1.165, 1.54) is 13.2 Å². The average molecular weight is 200 g/mol. The summed E-state index contributed by atoms with van der Waals surface area (Å²) in [7, 11) is 1.33. The predicted molar refractivity (Wildman–Crippen MR) is 51.3 cm³/mol. The number of carboxylic acids is 1. The predicted octanol–water partition coefficient (Wildman–Crippen LogP) is 2.56. The Hall–Kier alpha value is -1.58. The molecule has 0 radical (unpaired) electrons. The van der Waals surface area contributed by atoms with Crippen LogP contribution in [0.1, 0.15) is 24.2 Å². The molecule has 78 valence electrons. The van der Waals surface area contributed by atoms with Crippen molar-refractivity contribution < 1.29 is 19.0 Å². The van der Waals surface area contributed by atoms with Crippen molar-refractivity contribution in [3.8, 4) is 5.75 Å². The Morgan fingerprint density at radius 3 is 2.43 bits per heavy atom. The van der Waals surface area contributed by atoms with Gasteiger partial charge in [0.15, 0.2) is 0 Å². The Morgan fingerprint density at radius 1 is 1.43 bits per heavy atom. The molecule has 1 aromatic rings. The van der Waals surface area contributed by atoms with Gasteiger partial charge in [-0.05, 0) is 18.2 Å². The van der Waals surface area contributed by atoms with Crippen LogP contribution in [0.3, 0.4) is 0 Å². The van der Waals surface area contributed by atoms with Gasteiger partial charge in [0.05, 0.1) is 7.11 Å². The van der Waals surface area contributed by atoms with Crippen LogP contribution in [-0.2, 0) is 0 Å². The van der Waals surface area contributed by atoms with Gasteiger partial charge in [-0.2, -0.15) is 0 Å². The first-order chi connectivity index (χ1) is 6.65. The Balaban J connectivity index is 0.000000791. The molecule has 0 saturated carbocycles. The second kappa shape index (κ2) is 5.96. The van der Waals surface area contributed by atoms with Crippen LogP contribution in [-0.4, -0.2) is 18.2 Å². The second-order valence-electron chi connectivity index (χ2n) is 2.15. The molecule has 0 amide bonds. The zero-order chi connectivity index (χ0) is 11.1. The summed E-state index contributed by atoms with van der Waals surface area (Å²) in [5.41, 5.74) is -0.169. The molecule has 0 heterocycles. The van der Waals surface area contributed by atoms with E-state index < -0.39 is 11.8 Å². The molecule has 1 N–H and O–H groups in total. The zero-order valence-corrected chi connectivity index (χ0v) is 8.37. The molecule has 0 saturated heterocycles. The van der Waals surface area contributed by atoms with Crippen LogP contribution in [0.25, 0.3) is 0 Å². The van der Waals surface area contributed by atoms with Crippen LogP contribution in [0.2, 0.25) is 0 Å². The maximum absolute atomic E-state index is 12.5. The van der Waals surface area contributed by atoms with Gasteiger partial charge in [-0.15, -0.1) is 0 Å². The molecule has 0 aromatic heterocycles. The molecular weight excluding hydrogens is 187 g/mol. The Morgan fingerprint density at radius 2 is 2.00 bits per heavy atom. The van der Waals surface area contributed by atoms with Crippen molar-refractivity contribution in [1.29, 1.82) is 0 Å². The van der Waals surface area contributed by atoms with Crippen molar-refractivity contribution >= 4 is 5.97 Å². The summed E-state index contributed by atoms with van der Waals surface area (Å²) in [4.78, 5) is 10.5. The second-order valence-corrected chi connectivity index (χ2v) is 2.15. The zero-order valence-electron chi connectivity index (χ0n) is 8.37. The first kappa shape index (κ1) is 12.4. The minimum atomic E-state index is -1.20. The first-order valence-electron chi connectivity index (χ1n) is 4.22. The van der Waals surface area contributed by atoms with Gasteiger partial charge in [0, 0.05) is 0 Å². The monoisotopic (exact) mass is 200 g/mol. The van der Waals surface area contributed by atoms with Crippen LogP contribution in [0.15, 0.2) is 18.2 Å². The summed E-state index contributed by atoms with van der Waals surface area (Å²) < 4.78 is 17.2. The molecule has 0 spiro atoms. The van der Waals surface area contributed by atoms with E-state index in [-0.39, 0.29) is 11.3 Å². The van der Waals surface area contributed by atoms with Gasteiger partial charge < -0.3 is 9.84 Å². The molecule has 0 unspecified atom stereocenters. The highest BCUT2D eigenvalue weighted by Gasteiger charge is 2.10. The molecule has 0 atom stereocenters. The Kier molecular flexibility index (Phi) is 5.29. The van der Waals surface area contributed by atoms with Gasteiger partial charge in [0.1, 0.15) is 17.1 Å². The highest BCUT2D eigenvalue weighted by atomic mass is 19.1. The van der Waals surface area contributed by atoms with Crippen molar-refractivity contribution in [2.75, 3.05) is 7.11 Å². The van der Waals surface area contributed by atoms with Crippen molar-refractivity contribution in [2.24, 2.45) is 0 Å². The van der Waals surface area contributed by atoms with Crippen LogP contribution in [0, 0.1) is 5.82 Å².